The van der Waals surface area contributed by atoms with Crippen LogP contribution in [0.25, 0.3) is 0 Å². The third kappa shape index (κ3) is 7.20. The van der Waals surface area contributed by atoms with E-state index >= 15 is 0 Å². The lowest BCUT2D eigenvalue weighted by Crippen LogP contribution is -2.34. The summed E-state index contributed by atoms with van der Waals surface area (Å²) in [6.45, 7) is 7.85. The SMILES string of the molecule is CC(C)(C)OC(=O)NCCn1cc[n+](CCCBr)c1. The first kappa shape index (κ1) is 16.0. The second kappa shape index (κ2) is 7.53. The number of alkyl halides is 1. The standard InChI is InChI=1S/C13H22BrN3O2/c1-13(2,3)19-12(18)15-6-8-17-10-9-16(11-17)7-4-5-14/h9-11H,4-8H2,1-3H3/p+1. The van der Waals surface area contributed by atoms with Crippen molar-refractivity contribution in [1.82, 2.24) is 9.88 Å². The lowest BCUT2D eigenvalue weighted by molar-refractivity contribution is -0.696. The zero-order valence-electron chi connectivity index (χ0n) is 11.9. The van der Waals surface area contributed by atoms with Crippen molar-refractivity contribution in [2.24, 2.45) is 0 Å². The summed E-state index contributed by atoms with van der Waals surface area (Å²) in [7, 11) is 0. The van der Waals surface area contributed by atoms with Gasteiger partial charge in [0.25, 0.3) is 0 Å². The Hall–Kier alpha value is -1.04. The van der Waals surface area contributed by atoms with E-state index in [2.05, 4.69) is 25.8 Å². The maximum absolute atomic E-state index is 11.4. The Morgan fingerprint density at radius 1 is 1.47 bits per heavy atom. The molecular weight excluding hydrogens is 310 g/mol. The van der Waals surface area contributed by atoms with E-state index in [1.165, 1.54) is 0 Å². The Balaban J connectivity index is 2.25. The van der Waals surface area contributed by atoms with E-state index in [9.17, 15) is 4.79 Å². The number of nitrogens with one attached hydrogen (secondary N) is 1. The molecule has 1 heterocycles. The molecule has 1 aromatic heterocycles. The molecule has 0 aliphatic carbocycles. The van der Waals surface area contributed by atoms with E-state index in [0.717, 1.165) is 24.8 Å². The number of nitrogens with zero attached hydrogens (tertiary/aromatic N) is 2. The molecule has 5 nitrogen and oxygen atoms in total. The normalized spacial score (nSPS) is 11.4. The first-order chi connectivity index (χ1) is 8.90. The van der Waals surface area contributed by atoms with Gasteiger partial charge in [-0.1, -0.05) is 15.9 Å². The number of alkyl carbamates (subject to hydrolysis) is 1. The molecule has 0 bridgehead atoms. The van der Waals surface area contributed by atoms with Crippen LogP contribution in [0.15, 0.2) is 18.7 Å². The van der Waals surface area contributed by atoms with Crippen LogP contribution in [0.1, 0.15) is 27.2 Å². The highest BCUT2D eigenvalue weighted by molar-refractivity contribution is 9.09. The highest BCUT2D eigenvalue weighted by Gasteiger charge is 2.15. The predicted molar refractivity (Wildman–Crippen MR) is 77.3 cm³/mol. The van der Waals surface area contributed by atoms with Crippen molar-refractivity contribution in [2.45, 2.75) is 45.9 Å². The second-order valence-electron chi connectivity index (χ2n) is 5.36. The smallest absolute Gasteiger partial charge is 0.407 e. The van der Waals surface area contributed by atoms with Crippen LogP contribution >= 0.6 is 15.9 Å². The Morgan fingerprint density at radius 2 is 2.21 bits per heavy atom. The van der Waals surface area contributed by atoms with Gasteiger partial charge in [-0.25, -0.2) is 13.9 Å². The highest BCUT2D eigenvalue weighted by Crippen LogP contribution is 2.06. The van der Waals surface area contributed by atoms with Crippen LogP contribution in [0.5, 0.6) is 0 Å². The van der Waals surface area contributed by atoms with Crippen LogP contribution in [0.2, 0.25) is 0 Å². The summed E-state index contributed by atoms with van der Waals surface area (Å²) in [6, 6.07) is 0. The number of ether oxygens (including phenoxy) is 1. The van der Waals surface area contributed by atoms with Gasteiger partial charge in [0.05, 0.1) is 13.1 Å². The largest absolute Gasteiger partial charge is 0.444 e. The summed E-state index contributed by atoms with van der Waals surface area (Å²) in [6.07, 6.45) is 6.82. The van der Waals surface area contributed by atoms with Crippen molar-refractivity contribution < 1.29 is 14.1 Å². The van der Waals surface area contributed by atoms with E-state index < -0.39 is 5.60 Å². The first-order valence-corrected chi connectivity index (χ1v) is 7.60. The van der Waals surface area contributed by atoms with Gasteiger partial charge in [0, 0.05) is 5.33 Å². The minimum atomic E-state index is -0.448. The van der Waals surface area contributed by atoms with Crippen molar-refractivity contribution in [1.29, 1.82) is 0 Å². The van der Waals surface area contributed by atoms with Crippen LogP contribution in [0.3, 0.4) is 0 Å². The maximum Gasteiger partial charge on any atom is 0.407 e. The van der Waals surface area contributed by atoms with Gasteiger partial charge in [-0.15, -0.1) is 0 Å². The molecule has 0 fully saturated rings. The molecule has 1 aromatic rings. The van der Waals surface area contributed by atoms with Crippen molar-refractivity contribution >= 4 is 22.0 Å². The Morgan fingerprint density at radius 3 is 2.84 bits per heavy atom. The molecule has 1 N–H and O–H groups in total. The zero-order chi connectivity index (χ0) is 14.3. The van der Waals surface area contributed by atoms with Crippen molar-refractivity contribution in [3.63, 3.8) is 0 Å². The summed E-state index contributed by atoms with van der Waals surface area (Å²) < 4.78 is 9.35. The summed E-state index contributed by atoms with van der Waals surface area (Å²) >= 11 is 3.41. The van der Waals surface area contributed by atoms with Gasteiger partial charge in [-0.3, -0.25) is 0 Å². The van der Waals surface area contributed by atoms with Gasteiger partial charge in [0.15, 0.2) is 0 Å². The van der Waals surface area contributed by atoms with Crippen LogP contribution < -0.4 is 9.88 Å². The van der Waals surface area contributed by atoms with Crippen LogP contribution in [0, 0.1) is 0 Å². The number of carbonyl (C=O) groups excluding carboxylic acids is 1. The number of carbonyl (C=O) groups is 1. The molecule has 6 heteroatoms. The number of hydrogen-bond donors (Lipinski definition) is 1. The summed E-state index contributed by atoms with van der Waals surface area (Å²) in [5, 5.41) is 3.75. The lowest BCUT2D eigenvalue weighted by atomic mass is 10.2. The van der Waals surface area contributed by atoms with E-state index in [1.54, 1.807) is 0 Å². The first-order valence-electron chi connectivity index (χ1n) is 6.48. The minimum absolute atomic E-state index is 0.369. The van der Waals surface area contributed by atoms with Gasteiger partial charge in [-0.05, 0) is 27.2 Å². The number of hydrogen-bond acceptors (Lipinski definition) is 2. The Labute approximate surface area is 123 Å². The molecule has 0 saturated carbocycles. The van der Waals surface area contributed by atoms with E-state index in [0.29, 0.717) is 6.54 Å². The number of halogens is 1. The average Bonchev–Trinajstić information content (AvgIpc) is 2.72. The molecule has 108 valence electrons. The predicted octanol–water partition coefficient (Wildman–Crippen LogP) is 2.09. The molecule has 0 unspecified atom stereocenters. The Bertz CT molecular complexity index is 399. The summed E-state index contributed by atoms with van der Waals surface area (Å²) in [5.74, 6) is 0. The molecule has 0 radical (unpaired) electrons. The molecule has 0 saturated heterocycles. The molecule has 0 atom stereocenters. The maximum atomic E-state index is 11.4. The van der Waals surface area contributed by atoms with E-state index in [4.69, 9.17) is 4.74 Å². The number of rotatable bonds is 6. The monoisotopic (exact) mass is 332 g/mol. The van der Waals surface area contributed by atoms with E-state index in [-0.39, 0.29) is 6.09 Å². The fourth-order valence-electron chi connectivity index (χ4n) is 1.55. The molecule has 19 heavy (non-hydrogen) atoms. The lowest BCUT2D eigenvalue weighted by Gasteiger charge is -2.19. The fraction of sp³-hybridized carbons (Fsp3) is 0.692. The third-order valence-electron chi connectivity index (χ3n) is 2.33. The second-order valence-corrected chi connectivity index (χ2v) is 6.15. The fourth-order valence-corrected chi connectivity index (χ4v) is 1.80. The van der Waals surface area contributed by atoms with Gasteiger partial charge in [0.1, 0.15) is 24.5 Å². The molecule has 1 rings (SSSR count). The average molecular weight is 333 g/mol. The molecular formula is C13H23BrN3O2+. The molecule has 0 aromatic carbocycles. The van der Waals surface area contributed by atoms with Gasteiger partial charge in [-0.2, -0.15) is 0 Å². The number of amides is 1. The van der Waals surface area contributed by atoms with E-state index in [1.807, 2.05) is 44.1 Å². The quantitative estimate of drug-likeness (QED) is 0.640. The number of aromatic nitrogens is 2. The minimum Gasteiger partial charge on any atom is -0.444 e. The van der Waals surface area contributed by atoms with Crippen molar-refractivity contribution in [3.05, 3.63) is 18.7 Å². The molecule has 0 aliphatic heterocycles. The van der Waals surface area contributed by atoms with Crippen LogP contribution in [0.4, 0.5) is 4.79 Å². The summed E-state index contributed by atoms with van der Waals surface area (Å²) in [4.78, 5) is 11.4. The number of imidazole rings is 1. The third-order valence-corrected chi connectivity index (χ3v) is 2.90. The van der Waals surface area contributed by atoms with Gasteiger partial charge >= 0.3 is 6.09 Å². The summed E-state index contributed by atoms with van der Waals surface area (Å²) in [5.41, 5.74) is -0.448. The van der Waals surface area contributed by atoms with Crippen molar-refractivity contribution in [2.75, 3.05) is 11.9 Å². The van der Waals surface area contributed by atoms with Gasteiger partial charge in [0.2, 0.25) is 6.33 Å². The highest BCUT2D eigenvalue weighted by atomic mass is 79.9. The van der Waals surface area contributed by atoms with Crippen LogP contribution in [-0.2, 0) is 17.8 Å². The zero-order valence-corrected chi connectivity index (χ0v) is 13.4. The molecule has 0 spiro atoms. The number of aryl methyl sites for hydroxylation is 1. The van der Waals surface area contributed by atoms with Crippen molar-refractivity contribution in [3.8, 4) is 0 Å². The van der Waals surface area contributed by atoms with Crippen LogP contribution in [-0.4, -0.2) is 28.1 Å². The molecule has 1 amide bonds. The Kier molecular flexibility index (Phi) is 6.34. The van der Waals surface area contributed by atoms with Gasteiger partial charge < -0.3 is 10.1 Å². The topological polar surface area (TPSA) is 47.1 Å². The molecule has 0 aliphatic rings.